The molecule has 0 aliphatic heterocycles. The zero-order chi connectivity index (χ0) is 9.78. The van der Waals surface area contributed by atoms with E-state index in [2.05, 4.69) is 0 Å². The van der Waals surface area contributed by atoms with Crippen LogP contribution in [0.1, 0.15) is 33.1 Å². The number of allylic oxidation sites excluding steroid dienone is 2. The van der Waals surface area contributed by atoms with Gasteiger partial charge in [-0.05, 0) is 34.3 Å². The Labute approximate surface area is 79.0 Å². The van der Waals surface area contributed by atoms with Gasteiger partial charge in [-0.3, -0.25) is 0 Å². The molecule has 0 aromatic heterocycles. The number of rotatable bonds is 4. The van der Waals surface area contributed by atoms with Gasteiger partial charge in [-0.25, -0.2) is 4.39 Å². The van der Waals surface area contributed by atoms with Crippen molar-refractivity contribution in [2.45, 2.75) is 37.9 Å². The Balaban J connectivity index is 4.60. The largest absolute Gasteiger partial charge is 0.352 e. The van der Waals surface area contributed by atoms with Gasteiger partial charge in [0, 0.05) is 0 Å². The summed E-state index contributed by atoms with van der Waals surface area (Å²) in [4.78, 5) is -3.49. The molecule has 0 rings (SSSR count). The highest BCUT2D eigenvalue weighted by Gasteiger charge is 2.32. The molecule has 0 aliphatic rings. The number of alkyl halides is 3. The average Bonchev–Trinajstić information content (AvgIpc) is 1.97. The molecule has 0 N–H and O–H groups in total. The zero-order valence-electron chi connectivity index (χ0n) is 7.13. The highest BCUT2D eigenvalue weighted by molar-refractivity contribution is 9.10. The molecule has 0 nitrogen and oxygen atoms in total. The minimum atomic E-state index is -3.49. The predicted molar refractivity (Wildman–Crippen MR) is 47.2 cm³/mol. The molecule has 0 amide bonds. The second-order valence-electron chi connectivity index (χ2n) is 2.52. The summed E-state index contributed by atoms with van der Waals surface area (Å²) in [7, 11) is 0. The van der Waals surface area contributed by atoms with Gasteiger partial charge in [-0.2, -0.15) is 8.78 Å². The molecule has 0 unspecified atom stereocenters. The Morgan fingerprint density at radius 1 is 1.33 bits per heavy atom. The third-order valence-electron chi connectivity index (χ3n) is 1.54. The summed E-state index contributed by atoms with van der Waals surface area (Å²) < 4.78 is 37.6. The summed E-state index contributed by atoms with van der Waals surface area (Å²) in [5, 5.41) is 0. The standard InChI is InChI=1S/C8H12BrF3/c1-3-5-6(4-2)7(10)8(9,11)12/h3-5H2,1-2H3. The molecule has 0 bridgehead atoms. The van der Waals surface area contributed by atoms with Crippen molar-refractivity contribution in [2.75, 3.05) is 0 Å². The van der Waals surface area contributed by atoms with Crippen molar-refractivity contribution in [3.05, 3.63) is 11.4 Å². The van der Waals surface area contributed by atoms with Crippen molar-refractivity contribution in [1.82, 2.24) is 0 Å². The van der Waals surface area contributed by atoms with Crippen LogP contribution in [0.2, 0.25) is 0 Å². The Kier molecular flexibility index (Phi) is 4.90. The third kappa shape index (κ3) is 3.61. The molecule has 0 spiro atoms. The molecule has 12 heavy (non-hydrogen) atoms. The van der Waals surface area contributed by atoms with Gasteiger partial charge in [0.25, 0.3) is 0 Å². The summed E-state index contributed by atoms with van der Waals surface area (Å²) in [5.74, 6) is -1.33. The van der Waals surface area contributed by atoms with Crippen LogP contribution in [0.25, 0.3) is 0 Å². The smallest absolute Gasteiger partial charge is 0.204 e. The normalized spacial score (nSPS) is 14.5. The molecule has 0 radical (unpaired) electrons. The van der Waals surface area contributed by atoms with E-state index >= 15 is 0 Å². The fourth-order valence-electron chi connectivity index (χ4n) is 0.944. The fourth-order valence-corrected chi connectivity index (χ4v) is 1.22. The quantitative estimate of drug-likeness (QED) is 0.643. The molecular formula is C8H12BrF3. The van der Waals surface area contributed by atoms with Crippen LogP contribution in [-0.4, -0.2) is 4.83 Å². The van der Waals surface area contributed by atoms with Gasteiger partial charge >= 0.3 is 4.83 Å². The first-order valence-corrected chi connectivity index (χ1v) is 4.67. The van der Waals surface area contributed by atoms with Gasteiger partial charge in [0.1, 0.15) is 0 Å². The van der Waals surface area contributed by atoms with Crippen LogP contribution in [0.4, 0.5) is 13.2 Å². The molecule has 0 aliphatic carbocycles. The van der Waals surface area contributed by atoms with E-state index in [-0.39, 0.29) is 5.57 Å². The Bertz CT molecular complexity index is 170. The van der Waals surface area contributed by atoms with Crippen molar-refractivity contribution in [1.29, 1.82) is 0 Å². The second kappa shape index (κ2) is 4.90. The first-order chi connectivity index (χ1) is 5.43. The van der Waals surface area contributed by atoms with Gasteiger partial charge < -0.3 is 0 Å². The lowest BCUT2D eigenvalue weighted by Gasteiger charge is -2.10. The van der Waals surface area contributed by atoms with E-state index in [4.69, 9.17) is 0 Å². The van der Waals surface area contributed by atoms with E-state index in [1.54, 1.807) is 6.92 Å². The number of hydrogen-bond acceptors (Lipinski definition) is 0. The maximum absolute atomic E-state index is 12.8. The van der Waals surface area contributed by atoms with E-state index in [9.17, 15) is 13.2 Å². The van der Waals surface area contributed by atoms with E-state index in [0.29, 0.717) is 19.3 Å². The van der Waals surface area contributed by atoms with E-state index in [1.165, 1.54) is 0 Å². The van der Waals surface area contributed by atoms with Crippen molar-refractivity contribution >= 4 is 15.9 Å². The summed E-state index contributed by atoms with van der Waals surface area (Å²) >= 11 is 1.99. The van der Waals surface area contributed by atoms with Gasteiger partial charge in [0.2, 0.25) is 0 Å². The lowest BCUT2D eigenvalue weighted by atomic mass is 10.1. The third-order valence-corrected chi connectivity index (χ3v) is 1.89. The summed E-state index contributed by atoms with van der Waals surface area (Å²) in [6.45, 7) is 3.50. The molecule has 0 saturated heterocycles. The molecule has 4 heteroatoms. The summed E-state index contributed by atoms with van der Waals surface area (Å²) in [5.41, 5.74) is 0.194. The van der Waals surface area contributed by atoms with Gasteiger partial charge in [-0.1, -0.05) is 20.3 Å². The van der Waals surface area contributed by atoms with Gasteiger partial charge in [0.15, 0.2) is 5.83 Å². The molecule has 0 aromatic carbocycles. The maximum Gasteiger partial charge on any atom is 0.352 e. The monoisotopic (exact) mass is 244 g/mol. The zero-order valence-corrected chi connectivity index (χ0v) is 8.72. The molecule has 0 heterocycles. The molecule has 72 valence electrons. The second-order valence-corrected chi connectivity index (χ2v) is 3.51. The van der Waals surface area contributed by atoms with Crippen molar-refractivity contribution < 1.29 is 13.2 Å². The Morgan fingerprint density at radius 2 is 1.83 bits per heavy atom. The van der Waals surface area contributed by atoms with Crippen LogP contribution in [0.5, 0.6) is 0 Å². The Hall–Kier alpha value is 0.01000. The number of hydrogen-bond donors (Lipinski definition) is 0. The van der Waals surface area contributed by atoms with Crippen LogP contribution >= 0.6 is 15.9 Å². The van der Waals surface area contributed by atoms with Crippen LogP contribution < -0.4 is 0 Å². The molecule has 0 aromatic rings. The minimum absolute atomic E-state index is 0.194. The highest BCUT2D eigenvalue weighted by atomic mass is 79.9. The number of halogens is 4. The van der Waals surface area contributed by atoms with E-state index < -0.39 is 10.7 Å². The lowest BCUT2D eigenvalue weighted by Crippen LogP contribution is -2.08. The fraction of sp³-hybridized carbons (Fsp3) is 0.750. The van der Waals surface area contributed by atoms with Crippen molar-refractivity contribution in [2.24, 2.45) is 0 Å². The van der Waals surface area contributed by atoms with Crippen LogP contribution in [0.3, 0.4) is 0 Å². The first kappa shape index (κ1) is 12.0. The molecular weight excluding hydrogens is 233 g/mol. The van der Waals surface area contributed by atoms with Gasteiger partial charge in [0.05, 0.1) is 0 Å². The minimum Gasteiger partial charge on any atom is -0.204 e. The van der Waals surface area contributed by atoms with Crippen LogP contribution in [0.15, 0.2) is 11.4 Å². The predicted octanol–water partition coefficient (Wildman–Crippen LogP) is 4.41. The average molecular weight is 245 g/mol. The van der Waals surface area contributed by atoms with E-state index in [1.807, 2.05) is 22.9 Å². The van der Waals surface area contributed by atoms with Crippen LogP contribution in [0, 0.1) is 0 Å². The Morgan fingerprint density at radius 3 is 2.08 bits per heavy atom. The lowest BCUT2D eigenvalue weighted by molar-refractivity contribution is 0.124. The van der Waals surface area contributed by atoms with Crippen LogP contribution in [-0.2, 0) is 0 Å². The highest BCUT2D eigenvalue weighted by Crippen LogP contribution is 2.35. The molecule has 0 fully saturated rings. The topological polar surface area (TPSA) is 0 Å². The van der Waals surface area contributed by atoms with E-state index in [0.717, 1.165) is 0 Å². The molecule has 0 atom stereocenters. The van der Waals surface area contributed by atoms with Crippen molar-refractivity contribution in [3.8, 4) is 0 Å². The summed E-state index contributed by atoms with van der Waals surface area (Å²) in [6, 6.07) is 0. The van der Waals surface area contributed by atoms with Gasteiger partial charge in [-0.15, -0.1) is 0 Å². The van der Waals surface area contributed by atoms with Crippen molar-refractivity contribution in [3.63, 3.8) is 0 Å². The first-order valence-electron chi connectivity index (χ1n) is 3.88. The SMILES string of the molecule is CCCC(CC)=C(F)C(F)(F)Br. The maximum atomic E-state index is 12.8. The molecule has 0 saturated carbocycles. The summed E-state index contributed by atoms with van der Waals surface area (Å²) in [6.07, 6.45) is 1.41.